The standard InChI is InChI=1S/C40H22O2/c1-3-13-35-27(7-1)33-11-5-9-31(39(33)41-35)25-19-17-23-15-16-24-18-20-26(30-22-21-29(25)37(23)38(24)30)32-10-6-12-34-28-8-2-4-14-36(28)42-40(32)34/h1-22H/i17D,18D. The van der Waals surface area contributed by atoms with Crippen LogP contribution in [-0.4, -0.2) is 0 Å². The van der Waals surface area contributed by atoms with Crippen LogP contribution in [0.2, 0.25) is 0 Å². The molecule has 0 unspecified atom stereocenters. The highest BCUT2D eigenvalue weighted by molar-refractivity contribution is 6.29. The van der Waals surface area contributed by atoms with E-state index >= 15 is 0 Å². The van der Waals surface area contributed by atoms with Crippen molar-refractivity contribution in [2.24, 2.45) is 0 Å². The second kappa shape index (κ2) is 7.99. The van der Waals surface area contributed by atoms with Crippen LogP contribution in [0.15, 0.2) is 142 Å². The molecule has 0 atom stereocenters. The molecule has 2 heterocycles. The number of rotatable bonds is 2. The summed E-state index contributed by atoms with van der Waals surface area (Å²) >= 11 is 0. The van der Waals surface area contributed by atoms with Crippen molar-refractivity contribution >= 4 is 76.2 Å². The van der Waals surface area contributed by atoms with Crippen LogP contribution in [-0.2, 0) is 0 Å². The van der Waals surface area contributed by atoms with Gasteiger partial charge in [0.05, 0.1) is 2.74 Å². The van der Waals surface area contributed by atoms with Crippen LogP contribution >= 0.6 is 0 Å². The number of furan rings is 2. The third-order valence-electron chi connectivity index (χ3n) is 8.87. The molecule has 0 fully saturated rings. The number of fused-ring (bicyclic) bond motifs is 6. The van der Waals surface area contributed by atoms with Gasteiger partial charge in [-0.25, -0.2) is 0 Å². The summed E-state index contributed by atoms with van der Waals surface area (Å²) in [5.41, 5.74) is 7.18. The van der Waals surface area contributed by atoms with Gasteiger partial charge in [-0.15, -0.1) is 0 Å². The summed E-state index contributed by atoms with van der Waals surface area (Å²) in [7, 11) is 0. The van der Waals surface area contributed by atoms with E-state index < -0.39 is 0 Å². The van der Waals surface area contributed by atoms with E-state index in [9.17, 15) is 0 Å². The summed E-state index contributed by atoms with van der Waals surface area (Å²) in [4.78, 5) is 0. The van der Waals surface area contributed by atoms with Gasteiger partial charge in [0.25, 0.3) is 0 Å². The van der Waals surface area contributed by atoms with E-state index in [2.05, 4.69) is 60.7 Å². The Kier molecular flexibility index (Phi) is 3.86. The van der Waals surface area contributed by atoms with Crippen LogP contribution in [0, 0.1) is 0 Å². The van der Waals surface area contributed by atoms with Crippen molar-refractivity contribution in [1.29, 1.82) is 0 Å². The van der Waals surface area contributed by atoms with Gasteiger partial charge in [0.15, 0.2) is 0 Å². The third-order valence-corrected chi connectivity index (χ3v) is 8.87. The van der Waals surface area contributed by atoms with Gasteiger partial charge >= 0.3 is 0 Å². The van der Waals surface area contributed by atoms with Crippen LogP contribution in [0.5, 0.6) is 0 Å². The fraction of sp³-hybridized carbons (Fsp3) is 0. The zero-order chi connectivity index (χ0) is 29.1. The molecule has 0 aliphatic carbocycles. The summed E-state index contributed by atoms with van der Waals surface area (Å²) in [5.74, 6) is 0. The molecule has 42 heavy (non-hydrogen) atoms. The molecule has 0 spiro atoms. The van der Waals surface area contributed by atoms with Crippen LogP contribution in [0.3, 0.4) is 0 Å². The summed E-state index contributed by atoms with van der Waals surface area (Å²) in [6, 6.07) is 41.9. The molecule has 0 radical (unpaired) electrons. The topological polar surface area (TPSA) is 26.3 Å². The molecule has 2 aromatic heterocycles. The second-order valence-corrected chi connectivity index (χ2v) is 11.0. The molecule has 0 saturated carbocycles. The lowest BCUT2D eigenvalue weighted by atomic mass is 9.86. The van der Waals surface area contributed by atoms with E-state index in [1.807, 2.05) is 60.7 Å². The summed E-state index contributed by atoms with van der Waals surface area (Å²) in [6.45, 7) is 0. The Morgan fingerprint density at radius 3 is 1.31 bits per heavy atom. The largest absolute Gasteiger partial charge is 0.455 e. The lowest BCUT2D eigenvalue weighted by Crippen LogP contribution is -1.90. The zero-order valence-electron chi connectivity index (χ0n) is 24.4. The maximum Gasteiger partial charge on any atom is 0.143 e. The summed E-state index contributed by atoms with van der Waals surface area (Å²) in [5, 5.41) is 10.1. The van der Waals surface area contributed by atoms with E-state index in [-0.39, 0.29) is 0 Å². The molecular weight excluding hydrogens is 512 g/mol. The number of hydrogen-bond donors (Lipinski definition) is 0. The van der Waals surface area contributed by atoms with Gasteiger partial charge in [-0.1, -0.05) is 121 Å². The lowest BCUT2D eigenvalue weighted by molar-refractivity contribution is 0.669. The predicted octanol–water partition coefficient (Wildman–Crippen LogP) is 11.7. The first-order valence-corrected chi connectivity index (χ1v) is 14.2. The van der Waals surface area contributed by atoms with Crippen molar-refractivity contribution in [2.75, 3.05) is 0 Å². The first kappa shape index (κ1) is 20.3. The normalized spacial score (nSPS) is 13.0. The Balaban J connectivity index is 1.33. The van der Waals surface area contributed by atoms with E-state index in [0.29, 0.717) is 12.1 Å². The fourth-order valence-electron chi connectivity index (χ4n) is 7.00. The average Bonchev–Trinajstić information content (AvgIpc) is 3.64. The highest BCUT2D eigenvalue weighted by Gasteiger charge is 2.19. The van der Waals surface area contributed by atoms with Gasteiger partial charge in [-0.3, -0.25) is 0 Å². The molecule has 0 saturated heterocycles. The molecule has 10 aromatic rings. The third kappa shape index (κ3) is 2.83. The second-order valence-electron chi connectivity index (χ2n) is 11.0. The van der Waals surface area contributed by atoms with Crippen molar-refractivity contribution in [1.82, 2.24) is 0 Å². The molecule has 10 rings (SSSR count). The van der Waals surface area contributed by atoms with E-state index in [4.69, 9.17) is 11.6 Å². The Morgan fingerprint density at radius 1 is 0.357 bits per heavy atom. The van der Waals surface area contributed by atoms with Gasteiger partial charge in [0, 0.05) is 32.7 Å². The SMILES string of the molecule is [2H]c1cc(-c2cccc3c2oc2ccccc23)c2ccc3c(-c4cccc5c4oc4ccccc45)cc([2H])c4ccc1c2c43. The van der Waals surface area contributed by atoms with Crippen molar-refractivity contribution in [3.05, 3.63) is 133 Å². The van der Waals surface area contributed by atoms with Crippen LogP contribution < -0.4 is 0 Å². The molecule has 0 N–H and O–H groups in total. The van der Waals surface area contributed by atoms with Crippen molar-refractivity contribution < 1.29 is 11.6 Å². The minimum Gasteiger partial charge on any atom is -0.455 e. The van der Waals surface area contributed by atoms with Crippen molar-refractivity contribution in [2.45, 2.75) is 0 Å². The van der Waals surface area contributed by atoms with Gasteiger partial charge < -0.3 is 8.83 Å². The van der Waals surface area contributed by atoms with Crippen LogP contribution in [0.4, 0.5) is 0 Å². The van der Waals surface area contributed by atoms with Crippen molar-refractivity contribution in [3.8, 4) is 22.3 Å². The highest BCUT2D eigenvalue weighted by atomic mass is 16.3. The summed E-state index contributed by atoms with van der Waals surface area (Å²) < 4.78 is 31.2. The van der Waals surface area contributed by atoms with Gasteiger partial charge in [0.2, 0.25) is 0 Å². The fourth-order valence-corrected chi connectivity index (χ4v) is 7.00. The first-order chi connectivity index (χ1) is 21.7. The van der Waals surface area contributed by atoms with E-state index in [1.54, 1.807) is 0 Å². The first-order valence-electron chi connectivity index (χ1n) is 15.2. The molecule has 2 heteroatoms. The van der Waals surface area contributed by atoms with Crippen molar-refractivity contribution in [3.63, 3.8) is 0 Å². The zero-order valence-corrected chi connectivity index (χ0v) is 22.4. The van der Waals surface area contributed by atoms with E-state index in [1.165, 1.54) is 0 Å². The minimum atomic E-state index is 0.450. The quantitative estimate of drug-likeness (QED) is 0.205. The maximum absolute atomic E-state index is 9.16. The molecule has 0 aliphatic rings. The number of hydrogen-bond acceptors (Lipinski definition) is 2. The van der Waals surface area contributed by atoms with Gasteiger partial charge in [-0.05, 0) is 55.6 Å². The number of benzene rings is 8. The summed E-state index contributed by atoms with van der Waals surface area (Å²) in [6.07, 6.45) is 0. The average molecular weight is 537 g/mol. The monoisotopic (exact) mass is 536 g/mol. The Morgan fingerprint density at radius 2 is 0.810 bits per heavy atom. The van der Waals surface area contributed by atoms with E-state index in [0.717, 1.165) is 98.4 Å². The molecule has 2 nitrogen and oxygen atoms in total. The maximum atomic E-state index is 9.16. The molecular formula is C40H22O2. The minimum absolute atomic E-state index is 0.450. The lowest BCUT2D eigenvalue weighted by Gasteiger charge is -2.17. The van der Waals surface area contributed by atoms with Crippen LogP contribution in [0.1, 0.15) is 2.74 Å². The van der Waals surface area contributed by atoms with Gasteiger partial charge in [0.1, 0.15) is 22.3 Å². The van der Waals surface area contributed by atoms with Crippen LogP contribution in [0.25, 0.3) is 98.4 Å². The molecule has 0 amide bonds. The Bertz CT molecular complexity index is 2610. The number of para-hydroxylation sites is 4. The Hall–Kier alpha value is -5.60. The highest BCUT2D eigenvalue weighted by Crippen LogP contribution is 2.46. The molecule has 0 aliphatic heterocycles. The smallest absolute Gasteiger partial charge is 0.143 e. The molecule has 8 aromatic carbocycles. The Labute approximate surface area is 243 Å². The van der Waals surface area contributed by atoms with Gasteiger partial charge in [-0.2, -0.15) is 0 Å². The predicted molar refractivity (Wildman–Crippen MR) is 176 cm³/mol. The molecule has 0 bridgehead atoms. The molecule has 194 valence electrons.